The predicted molar refractivity (Wildman–Crippen MR) is 116 cm³/mol. The number of carbonyl (C=O) groups excluding carboxylic acids is 2. The predicted octanol–water partition coefficient (Wildman–Crippen LogP) is 1.42. The number of carbonyl (C=O) groups is 2. The van der Waals surface area contributed by atoms with Crippen LogP contribution in [0.2, 0.25) is 0 Å². The van der Waals surface area contributed by atoms with Gasteiger partial charge in [-0.1, -0.05) is 0 Å². The highest BCUT2D eigenvalue weighted by atomic mass is 16.4. The number of benzene rings is 1. The van der Waals surface area contributed by atoms with E-state index in [-0.39, 0.29) is 23.8 Å². The summed E-state index contributed by atoms with van der Waals surface area (Å²) in [6, 6.07) is 7.81. The summed E-state index contributed by atoms with van der Waals surface area (Å²) < 4.78 is 6.53. The molecule has 1 aliphatic heterocycles. The smallest absolute Gasteiger partial charge is 0.408 e. The van der Waals surface area contributed by atoms with Gasteiger partial charge in [0.25, 0.3) is 5.91 Å². The Morgan fingerprint density at radius 2 is 1.88 bits per heavy atom. The van der Waals surface area contributed by atoms with Crippen LogP contribution >= 0.6 is 0 Å². The molecule has 11 nitrogen and oxygen atoms in total. The third-order valence-corrected chi connectivity index (χ3v) is 5.54. The number of imidazole rings is 1. The van der Waals surface area contributed by atoms with Gasteiger partial charge in [-0.2, -0.15) is 0 Å². The molecule has 0 bridgehead atoms. The summed E-state index contributed by atoms with van der Waals surface area (Å²) in [5.41, 5.74) is 1.62. The highest BCUT2D eigenvalue weighted by molar-refractivity contribution is 6.04. The van der Waals surface area contributed by atoms with E-state index in [0.717, 1.165) is 19.3 Å². The summed E-state index contributed by atoms with van der Waals surface area (Å²) in [5.74, 6) is -1.26. The number of likely N-dealkylation sites (tertiary alicyclic amines) is 1. The number of hydrogen-bond donors (Lipinski definition) is 3. The first kappa shape index (κ1) is 19.8. The Balaban J connectivity index is 1.40. The van der Waals surface area contributed by atoms with Crippen LogP contribution in [0.3, 0.4) is 0 Å². The van der Waals surface area contributed by atoms with Crippen LogP contribution in [-0.4, -0.2) is 49.3 Å². The van der Waals surface area contributed by atoms with E-state index < -0.39 is 17.4 Å². The van der Waals surface area contributed by atoms with Crippen molar-refractivity contribution in [3.63, 3.8) is 0 Å². The molecule has 1 fully saturated rings. The molecule has 1 aromatic carbocycles. The van der Waals surface area contributed by atoms with E-state index in [1.807, 2.05) is 0 Å². The minimum atomic E-state index is -0.627. The van der Waals surface area contributed by atoms with Crippen molar-refractivity contribution in [2.24, 2.45) is 0 Å². The molecule has 11 heteroatoms. The van der Waals surface area contributed by atoms with Crippen LogP contribution in [-0.2, 0) is 11.3 Å². The second kappa shape index (κ2) is 7.84. The van der Waals surface area contributed by atoms with Gasteiger partial charge in [-0.25, -0.2) is 14.6 Å². The fourth-order valence-electron chi connectivity index (χ4n) is 3.91. The molecule has 4 aromatic rings. The lowest BCUT2D eigenvalue weighted by Gasteiger charge is -2.26. The lowest BCUT2D eigenvalue weighted by molar-refractivity contribution is -0.132. The summed E-state index contributed by atoms with van der Waals surface area (Å²) >= 11 is 0. The van der Waals surface area contributed by atoms with Crippen LogP contribution in [0.1, 0.15) is 29.8 Å². The third kappa shape index (κ3) is 3.68. The van der Waals surface area contributed by atoms with Crippen LogP contribution in [0.4, 0.5) is 5.69 Å². The molecule has 0 unspecified atom stereocenters. The van der Waals surface area contributed by atoms with E-state index in [0.29, 0.717) is 35.4 Å². The lowest BCUT2D eigenvalue weighted by Crippen LogP contribution is -2.39. The van der Waals surface area contributed by atoms with Crippen molar-refractivity contribution >= 4 is 39.8 Å². The Hall–Kier alpha value is -4.15. The summed E-state index contributed by atoms with van der Waals surface area (Å²) in [5, 5.41) is 2.72. The van der Waals surface area contributed by atoms with Crippen molar-refractivity contribution < 1.29 is 14.0 Å². The van der Waals surface area contributed by atoms with Gasteiger partial charge in [0.2, 0.25) is 5.91 Å². The standard InChI is InChI=1S/C21H20N6O5/c28-17(26-8-2-1-3-9-26)11-27-15-10-12(4-7-16(15)32-21(27)31)22-19(29)14-6-5-13-18(23-14)25-20(30)24-13/h4-7,10H,1-3,8-9,11H2,(H,22,29)(H2,23,24,25,30). The number of aromatic amines is 2. The maximum Gasteiger partial charge on any atom is 0.420 e. The van der Waals surface area contributed by atoms with Gasteiger partial charge in [0.1, 0.15) is 12.2 Å². The van der Waals surface area contributed by atoms with Crippen LogP contribution < -0.4 is 16.8 Å². The number of anilines is 1. The quantitative estimate of drug-likeness (QED) is 0.441. The molecule has 1 aliphatic rings. The second-order valence-electron chi connectivity index (χ2n) is 7.70. The molecule has 4 heterocycles. The van der Waals surface area contributed by atoms with Crippen molar-refractivity contribution in [2.45, 2.75) is 25.8 Å². The van der Waals surface area contributed by atoms with E-state index in [9.17, 15) is 19.2 Å². The van der Waals surface area contributed by atoms with E-state index in [1.54, 1.807) is 29.2 Å². The average Bonchev–Trinajstić information content (AvgIpc) is 3.32. The first-order valence-corrected chi connectivity index (χ1v) is 10.3. The van der Waals surface area contributed by atoms with Crippen LogP contribution in [0.15, 0.2) is 44.3 Å². The van der Waals surface area contributed by atoms with Crippen LogP contribution in [0.5, 0.6) is 0 Å². The van der Waals surface area contributed by atoms with Crippen molar-refractivity contribution in [2.75, 3.05) is 18.4 Å². The zero-order valence-corrected chi connectivity index (χ0v) is 17.0. The van der Waals surface area contributed by atoms with Gasteiger partial charge in [0.15, 0.2) is 11.2 Å². The molecule has 0 atom stereocenters. The Morgan fingerprint density at radius 3 is 2.69 bits per heavy atom. The van der Waals surface area contributed by atoms with Crippen LogP contribution in [0, 0.1) is 0 Å². The number of aromatic nitrogens is 4. The fraction of sp³-hybridized carbons (Fsp3) is 0.286. The van der Waals surface area contributed by atoms with Crippen molar-refractivity contribution in [1.29, 1.82) is 0 Å². The third-order valence-electron chi connectivity index (χ3n) is 5.54. The van der Waals surface area contributed by atoms with Crippen LogP contribution in [0.25, 0.3) is 22.3 Å². The monoisotopic (exact) mass is 436 g/mol. The van der Waals surface area contributed by atoms with Crippen molar-refractivity contribution in [3.8, 4) is 0 Å². The summed E-state index contributed by atoms with van der Waals surface area (Å²) in [4.78, 5) is 60.0. The molecule has 5 rings (SSSR count). The van der Waals surface area contributed by atoms with Gasteiger partial charge in [-0.3, -0.25) is 19.1 Å². The Kier molecular flexibility index (Phi) is 4.85. The Morgan fingerprint density at radius 1 is 1.06 bits per heavy atom. The van der Waals surface area contributed by atoms with Gasteiger partial charge < -0.3 is 19.6 Å². The largest absolute Gasteiger partial charge is 0.420 e. The Bertz CT molecular complexity index is 1450. The normalized spacial score (nSPS) is 14.2. The molecule has 32 heavy (non-hydrogen) atoms. The van der Waals surface area contributed by atoms with Gasteiger partial charge >= 0.3 is 11.4 Å². The highest BCUT2D eigenvalue weighted by Gasteiger charge is 2.20. The maximum atomic E-state index is 12.6. The maximum absolute atomic E-state index is 12.6. The number of rotatable bonds is 4. The van der Waals surface area contributed by atoms with Gasteiger partial charge in [-0.05, 0) is 49.6 Å². The molecule has 2 amide bonds. The summed E-state index contributed by atoms with van der Waals surface area (Å²) in [7, 11) is 0. The fourth-order valence-corrected chi connectivity index (χ4v) is 3.91. The number of nitrogens with zero attached hydrogens (tertiary/aromatic N) is 3. The van der Waals surface area contributed by atoms with E-state index >= 15 is 0 Å². The molecule has 1 saturated heterocycles. The molecule has 164 valence electrons. The van der Waals surface area contributed by atoms with Crippen molar-refractivity contribution in [1.82, 2.24) is 24.4 Å². The topological polar surface area (TPSA) is 146 Å². The minimum Gasteiger partial charge on any atom is -0.408 e. The zero-order chi connectivity index (χ0) is 22.2. The molecule has 0 aliphatic carbocycles. The molecular weight excluding hydrogens is 416 g/mol. The first-order chi connectivity index (χ1) is 15.5. The minimum absolute atomic E-state index is 0.109. The number of piperidine rings is 1. The summed E-state index contributed by atoms with van der Waals surface area (Å²) in [6.45, 7) is 1.26. The second-order valence-corrected chi connectivity index (χ2v) is 7.70. The number of hydrogen-bond acceptors (Lipinski definition) is 6. The number of amides is 2. The molecule has 3 aromatic heterocycles. The number of nitrogens with one attached hydrogen (secondary N) is 3. The molecule has 0 saturated carbocycles. The highest BCUT2D eigenvalue weighted by Crippen LogP contribution is 2.20. The number of fused-ring (bicyclic) bond motifs is 2. The van der Waals surface area contributed by atoms with E-state index in [4.69, 9.17) is 4.42 Å². The number of pyridine rings is 1. The molecule has 0 radical (unpaired) electrons. The summed E-state index contributed by atoms with van der Waals surface area (Å²) in [6.07, 6.45) is 3.02. The van der Waals surface area contributed by atoms with Gasteiger partial charge in [0, 0.05) is 18.8 Å². The Labute approximate surface area is 180 Å². The van der Waals surface area contributed by atoms with Crippen molar-refractivity contribution in [3.05, 3.63) is 57.1 Å². The van der Waals surface area contributed by atoms with Gasteiger partial charge in [-0.15, -0.1) is 0 Å². The van der Waals surface area contributed by atoms with E-state index in [1.165, 1.54) is 10.6 Å². The zero-order valence-electron chi connectivity index (χ0n) is 17.0. The number of oxazole rings is 1. The molecule has 3 N–H and O–H groups in total. The number of H-pyrrole nitrogens is 2. The molecular formula is C21H20N6O5. The lowest BCUT2D eigenvalue weighted by atomic mass is 10.1. The average molecular weight is 436 g/mol. The molecule has 0 spiro atoms. The van der Waals surface area contributed by atoms with E-state index in [2.05, 4.69) is 20.3 Å². The first-order valence-electron chi connectivity index (χ1n) is 10.3. The SMILES string of the molecule is O=C(Nc1ccc2oc(=O)n(CC(=O)N3CCCCC3)c2c1)c1ccc2[nH]c(=O)[nH]c2n1. The van der Waals surface area contributed by atoms with Gasteiger partial charge in [0.05, 0.1) is 11.0 Å².